The van der Waals surface area contributed by atoms with Crippen LogP contribution in [0.1, 0.15) is 79.1 Å². The van der Waals surface area contributed by atoms with Crippen LogP contribution in [0, 0.1) is 17.8 Å². The van der Waals surface area contributed by atoms with Crippen LogP contribution in [-0.4, -0.2) is 33.3 Å². The number of aliphatic carboxylic acids is 1. The molecule has 0 spiro atoms. The fourth-order valence-corrected chi connectivity index (χ4v) is 5.49. The average molecular weight is 323 g/mol. The maximum atomic E-state index is 11.3. The maximum absolute atomic E-state index is 11.3. The first-order valence-electron chi connectivity index (χ1n) is 9.37. The summed E-state index contributed by atoms with van der Waals surface area (Å²) in [6.07, 6.45) is 8.84. The first-order valence-corrected chi connectivity index (χ1v) is 9.37. The number of piperidine rings is 1. The highest BCUT2D eigenvalue weighted by atomic mass is 16.7. The monoisotopic (exact) mass is 323 g/mol. The molecule has 2 atom stereocenters. The van der Waals surface area contributed by atoms with E-state index in [1.54, 1.807) is 0 Å². The Kier molecular flexibility index (Phi) is 4.52. The molecule has 1 heterocycles. The van der Waals surface area contributed by atoms with Crippen LogP contribution in [0.5, 0.6) is 0 Å². The highest BCUT2D eigenvalue weighted by Gasteiger charge is 2.46. The van der Waals surface area contributed by atoms with Crippen molar-refractivity contribution in [2.45, 2.75) is 96.2 Å². The van der Waals surface area contributed by atoms with Gasteiger partial charge in [-0.1, -0.05) is 0 Å². The number of fused-ring (bicyclic) bond motifs is 2. The molecule has 0 aromatic heterocycles. The molecule has 1 saturated heterocycles. The Morgan fingerprint density at radius 2 is 1.48 bits per heavy atom. The lowest BCUT2D eigenvalue weighted by Crippen LogP contribution is -2.59. The fraction of sp³-hybridized carbons (Fsp3) is 0.947. The predicted molar refractivity (Wildman–Crippen MR) is 89.9 cm³/mol. The van der Waals surface area contributed by atoms with E-state index in [0.29, 0.717) is 11.8 Å². The van der Waals surface area contributed by atoms with Crippen molar-refractivity contribution in [3.05, 3.63) is 0 Å². The Morgan fingerprint density at radius 3 is 1.96 bits per heavy atom. The lowest BCUT2D eigenvalue weighted by Gasteiger charge is -2.53. The number of hydrogen-bond donors (Lipinski definition) is 1. The van der Waals surface area contributed by atoms with Crippen molar-refractivity contribution in [1.82, 2.24) is 5.06 Å². The molecule has 2 bridgehead atoms. The van der Waals surface area contributed by atoms with E-state index in [1.807, 2.05) is 0 Å². The molecule has 2 unspecified atom stereocenters. The molecule has 1 aliphatic heterocycles. The van der Waals surface area contributed by atoms with E-state index in [2.05, 4.69) is 32.8 Å². The van der Waals surface area contributed by atoms with Gasteiger partial charge in [0.1, 0.15) is 0 Å². The minimum Gasteiger partial charge on any atom is -0.481 e. The summed E-state index contributed by atoms with van der Waals surface area (Å²) in [7, 11) is 0. The molecule has 132 valence electrons. The second-order valence-corrected chi connectivity index (χ2v) is 9.45. The van der Waals surface area contributed by atoms with Crippen molar-refractivity contribution < 1.29 is 14.7 Å². The van der Waals surface area contributed by atoms with E-state index in [1.165, 1.54) is 25.7 Å². The van der Waals surface area contributed by atoms with Crippen LogP contribution in [0.15, 0.2) is 0 Å². The standard InChI is InChI=1S/C19H33NO3/c1-18(2)6-5-7-19(3,4)20(18)23-16-11-13-8-14(12-16)10-15(9-13)17(21)22/h13-16H,5-12H2,1-4H3,(H,21,22). The molecule has 0 amide bonds. The lowest BCUT2D eigenvalue weighted by atomic mass is 9.67. The van der Waals surface area contributed by atoms with E-state index < -0.39 is 5.97 Å². The van der Waals surface area contributed by atoms with Gasteiger partial charge in [0.15, 0.2) is 0 Å². The molecule has 3 rings (SSSR count). The Hall–Kier alpha value is -0.610. The molecular weight excluding hydrogens is 290 g/mol. The molecule has 2 saturated carbocycles. The zero-order valence-electron chi connectivity index (χ0n) is 15.2. The van der Waals surface area contributed by atoms with Gasteiger partial charge in [-0.15, -0.1) is 0 Å². The van der Waals surface area contributed by atoms with Crippen LogP contribution >= 0.6 is 0 Å². The summed E-state index contributed by atoms with van der Waals surface area (Å²) >= 11 is 0. The third kappa shape index (κ3) is 3.58. The number of hydrogen-bond acceptors (Lipinski definition) is 3. The fourth-order valence-electron chi connectivity index (χ4n) is 5.49. The minimum absolute atomic E-state index is 0.0813. The minimum atomic E-state index is -0.600. The molecule has 0 aromatic carbocycles. The Morgan fingerprint density at radius 1 is 0.957 bits per heavy atom. The van der Waals surface area contributed by atoms with Gasteiger partial charge < -0.3 is 5.11 Å². The second-order valence-electron chi connectivity index (χ2n) is 9.45. The van der Waals surface area contributed by atoms with Crippen LogP contribution < -0.4 is 0 Å². The van der Waals surface area contributed by atoms with Crippen LogP contribution in [0.4, 0.5) is 0 Å². The zero-order valence-corrected chi connectivity index (χ0v) is 15.2. The first-order chi connectivity index (χ1) is 10.7. The summed E-state index contributed by atoms with van der Waals surface area (Å²) in [6.45, 7) is 9.16. The summed E-state index contributed by atoms with van der Waals surface area (Å²) in [4.78, 5) is 17.9. The number of hydroxylamine groups is 2. The van der Waals surface area contributed by atoms with E-state index in [9.17, 15) is 9.90 Å². The maximum Gasteiger partial charge on any atom is 0.306 e. The van der Waals surface area contributed by atoms with Crippen molar-refractivity contribution in [3.8, 4) is 0 Å². The molecule has 4 heteroatoms. The van der Waals surface area contributed by atoms with Crippen LogP contribution in [0.25, 0.3) is 0 Å². The number of carboxylic acids is 1. The molecule has 4 nitrogen and oxygen atoms in total. The average Bonchev–Trinajstić information content (AvgIpc) is 2.41. The molecule has 0 aromatic rings. The summed E-state index contributed by atoms with van der Waals surface area (Å²) < 4.78 is 0. The van der Waals surface area contributed by atoms with Gasteiger partial charge in [0.25, 0.3) is 0 Å². The van der Waals surface area contributed by atoms with Crippen molar-refractivity contribution in [2.24, 2.45) is 17.8 Å². The van der Waals surface area contributed by atoms with Crippen LogP contribution in [0.2, 0.25) is 0 Å². The number of nitrogens with zero attached hydrogens (tertiary/aromatic N) is 1. The van der Waals surface area contributed by atoms with E-state index >= 15 is 0 Å². The molecule has 23 heavy (non-hydrogen) atoms. The third-order valence-electron chi connectivity index (χ3n) is 6.38. The van der Waals surface area contributed by atoms with Gasteiger partial charge in [0.05, 0.1) is 12.0 Å². The van der Waals surface area contributed by atoms with Gasteiger partial charge in [-0.2, -0.15) is 5.06 Å². The smallest absolute Gasteiger partial charge is 0.306 e. The topological polar surface area (TPSA) is 49.8 Å². The number of rotatable bonds is 3. The summed E-state index contributed by atoms with van der Waals surface area (Å²) in [5.41, 5.74) is 0.163. The number of carbonyl (C=O) groups is 1. The van der Waals surface area contributed by atoms with Crippen molar-refractivity contribution >= 4 is 5.97 Å². The van der Waals surface area contributed by atoms with Gasteiger partial charge in [-0.3, -0.25) is 9.63 Å². The van der Waals surface area contributed by atoms with Crippen LogP contribution in [-0.2, 0) is 9.63 Å². The second kappa shape index (κ2) is 6.03. The van der Waals surface area contributed by atoms with Crippen molar-refractivity contribution in [3.63, 3.8) is 0 Å². The molecule has 3 fully saturated rings. The molecule has 3 aliphatic rings. The largest absolute Gasteiger partial charge is 0.481 e. The van der Waals surface area contributed by atoms with Gasteiger partial charge in [0.2, 0.25) is 0 Å². The summed E-state index contributed by atoms with van der Waals surface area (Å²) in [5, 5.41) is 11.6. The Bertz CT molecular complexity index is 430. The highest BCUT2D eigenvalue weighted by molar-refractivity contribution is 5.70. The van der Waals surface area contributed by atoms with Gasteiger partial charge >= 0.3 is 5.97 Å². The molecule has 1 N–H and O–H groups in total. The van der Waals surface area contributed by atoms with Gasteiger partial charge in [-0.05, 0) is 90.9 Å². The van der Waals surface area contributed by atoms with Crippen LogP contribution in [0.3, 0.4) is 0 Å². The van der Waals surface area contributed by atoms with E-state index in [4.69, 9.17) is 4.84 Å². The molecular formula is C19H33NO3. The number of carboxylic acid groups (broad SMARTS) is 1. The predicted octanol–water partition coefficient (Wildman–Crippen LogP) is 4.24. The molecule has 2 aliphatic carbocycles. The van der Waals surface area contributed by atoms with Gasteiger partial charge in [0, 0.05) is 11.1 Å². The highest BCUT2D eigenvalue weighted by Crippen LogP contribution is 2.46. The normalized spacial score (nSPS) is 39.8. The van der Waals surface area contributed by atoms with Gasteiger partial charge in [-0.25, -0.2) is 0 Å². The third-order valence-corrected chi connectivity index (χ3v) is 6.38. The SMILES string of the molecule is CC1(C)CCCC(C)(C)N1OC1CC2CC(C1)CC(C(=O)O)C2. The Labute approximate surface area is 140 Å². The quantitative estimate of drug-likeness (QED) is 0.844. The Balaban J connectivity index is 1.66. The summed E-state index contributed by atoms with van der Waals surface area (Å²) in [6, 6.07) is 0. The van der Waals surface area contributed by atoms with Crippen molar-refractivity contribution in [1.29, 1.82) is 0 Å². The first kappa shape index (κ1) is 17.2. The van der Waals surface area contributed by atoms with Crippen molar-refractivity contribution in [2.75, 3.05) is 0 Å². The van der Waals surface area contributed by atoms with E-state index in [0.717, 1.165) is 25.7 Å². The summed E-state index contributed by atoms with van der Waals surface area (Å²) in [5.74, 6) is 0.342. The molecule has 0 radical (unpaired) electrons. The zero-order chi connectivity index (χ0) is 16.8. The van der Waals surface area contributed by atoms with E-state index in [-0.39, 0.29) is 23.1 Å². The lowest BCUT2D eigenvalue weighted by molar-refractivity contribution is -0.313.